The molecule has 0 saturated heterocycles. The van der Waals surface area contributed by atoms with Crippen molar-refractivity contribution in [1.82, 2.24) is 10.3 Å². The first kappa shape index (κ1) is 16.9. The zero-order valence-corrected chi connectivity index (χ0v) is 13.0. The highest BCUT2D eigenvalue weighted by molar-refractivity contribution is 6.13. The second-order valence-electron chi connectivity index (χ2n) is 5.76. The molecule has 5 nitrogen and oxygen atoms in total. The molecule has 0 unspecified atom stereocenters. The smallest absolute Gasteiger partial charge is 0.240 e. The monoisotopic (exact) mass is 349 g/mol. The molecule has 0 spiro atoms. The Balaban J connectivity index is 1.67. The SMILES string of the molecule is O=C(NCc1ccccn1)C1(C(=O)Nc2ccc(F)c(F)c2F)CC1. The van der Waals surface area contributed by atoms with Crippen LogP contribution < -0.4 is 10.6 Å². The van der Waals surface area contributed by atoms with Gasteiger partial charge in [0.05, 0.1) is 17.9 Å². The molecule has 2 aromatic rings. The van der Waals surface area contributed by atoms with E-state index in [1.54, 1.807) is 24.4 Å². The predicted octanol–water partition coefficient (Wildman–Crippen LogP) is 2.53. The molecule has 1 saturated carbocycles. The molecule has 1 aromatic carbocycles. The van der Waals surface area contributed by atoms with E-state index in [1.807, 2.05) is 0 Å². The summed E-state index contributed by atoms with van der Waals surface area (Å²) in [7, 11) is 0. The van der Waals surface area contributed by atoms with Gasteiger partial charge in [0, 0.05) is 6.20 Å². The number of carbonyl (C=O) groups is 2. The number of nitrogens with one attached hydrogen (secondary N) is 2. The second-order valence-corrected chi connectivity index (χ2v) is 5.76. The number of hydrogen-bond acceptors (Lipinski definition) is 3. The summed E-state index contributed by atoms with van der Waals surface area (Å²) in [5.74, 6) is -5.81. The van der Waals surface area contributed by atoms with Gasteiger partial charge in [0.2, 0.25) is 11.8 Å². The molecule has 1 fully saturated rings. The molecule has 2 amide bonds. The van der Waals surface area contributed by atoms with Gasteiger partial charge in [-0.3, -0.25) is 14.6 Å². The van der Waals surface area contributed by atoms with Crippen molar-refractivity contribution >= 4 is 17.5 Å². The van der Waals surface area contributed by atoms with Gasteiger partial charge in [-0.1, -0.05) is 6.07 Å². The standard InChI is InChI=1S/C17H14F3N3O2/c18-11-4-5-12(14(20)13(11)19)23-16(25)17(6-7-17)15(24)22-9-10-3-1-2-8-21-10/h1-5,8H,6-7,9H2,(H,22,24)(H,23,25). The first-order valence-electron chi connectivity index (χ1n) is 7.57. The summed E-state index contributed by atoms with van der Waals surface area (Å²) in [4.78, 5) is 28.7. The van der Waals surface area contributed by atoms with E-state index >= 15 is 0 Å². The van der Waals surface area contributed by atoms with E-state index in [2.05, 4.69) is 15.6 Å². The summed E-state index contributed by atoms with van der Waals surface area (Å²) >= 11 is 0. The van der Waals surface area contributed by atoms with Gasteiger partial charge in [0.25, 0.3) is 0 Å². The Labute approximate surface area is 141 Å². The van der Waals surface area contributed by atoms with E-state index in [1.165, 1.54) is 0 Å². The first-order chi connectivity index (χ1) is 11.9. The number of anilines is 1. The molecule has 8 heteroatoms. The number of pyridine rings is 1. The molecular formula is C17H14F3N3O2. The third-order valence-electron chi connectivity index (χ3n) is 4.06. The van der Waals surface area contributed by atoms with E-state index in [0.717, 1.165) is 6.07 Å². The molecule has 0 atom stereocenters. The summed E-state index contributed by atoms with van der Waals surface area (Å²) in [6.07, 6.45) is 2.16. The average molecular weight is 349 g/mol. The lowest BCUT2D eigenvalue weighted by molar-refractivity contribution is -0.134. The van der Waals surface area contributed by atoms with Gasteiger partial charge in [0.15, 0.2) is 17.5 Å². The molecule has 0 radical (unpaired) electrons. The van der Waals surface area contributed by atoms with Crippen LogP contribution in [0, 0.1) is 22.9 Å². The molecule has 3 rings (SSSR count). The summed E-state index contributed by atoms with van der Waals surface area (Å²) in [5, 5.41) is 4.78. The molecule has 130 valence electrons. The average Bonchev–Trinajstić information content (AvgIpc) is 3.43. The molecule has 0 bridgehead atoms. The zero-order valence-electron chi connectivity index (χ0n) is 13.0. The summed E-state index contributed by atoms with van der Waals surface area (Å²) in [6, 6.07) is 6.83. The number of amides is 2. The highest BCUT2D eigenvalue weighted by atomic mass is 19.2. The lowest BCUT2D eigenvalue weighted by atomic mass is 10.0. The minimum Gasteiger partial charge on any atom is -0.350 e. The highest BCUT2D eigenvalue weighted by Crippen LogP contribution is 2.47. The molecule has 0 aliphatic heterocycles. The molecular weight excluding hydrogens is 335 g/mol. The van der Waals surface area contributed by atoms with Gasteiger partial charge in [-0.15, -0.1) is 0 Å². The highest BCUT2D eigenvalue weighted by Gasteiger charge is 2.56. The maximum atomic E-state index is 13.7. The van der Waals surface area contributed by atoms with E-state index in [0.29, 0.717) is 11.8 Å². The third kappa shape index (κ3) is 3.33. The summed E-state index contributed by atoms with van der Waals surface area (Å²) in [5.41, 5.74) is -1.21. The second kappa shape index (κ2) is 6.54. The fourth-order valence-electron chi connectivity index (χ4n) is 2.39. The van der Waals surface area contributed by atoms with Crippen molar-refractivity contribution in [3.63, 3.8) is 0 Å². The van der Waals surface area contributed by atoms with Crippen molar-refractivity contribution < 1.29 is 22.8 Å². The molecule has 1 aliphatic rings. The Morgan fingerprint density at radius 3 is 2.44 bits per heavy atom. The Kier molecular flexibility index (Phi) is 4.43. The van der Waals surface area contributed by atoms with Crippen LogP contribution in [0.1, 0.15) is 18.5 Å². The van der Waals surface area contributed by atoms with Crippen LogP contribution in [-0.4, -0.2) is 16.8 Å². The fourth-order valence-corrected chi connectivity index (χ4v) is 2.39. The normalized spacial score (nSPS) is 14.7. The molecule has 25 heavy (non-hydrogen) atoms. The lowest BCUT2D eigenvalue weighted by Crippen LogP contribution is -2.40. The quantitative estimate of drug-likeness (QED) is 0.644. The number of benzene rings is 1. The van der Waals surface area contributed by atoms with Crippen LogP contribution in [0.3, 0.4) is 0 Å². The van der Waals surface area contributed by atoms with Gasteiger partial charge in [-0.2, -0.15) is 0 Å². The van der Waals surface area contributed by atoms with Crippen LogP contribution in [-0.2, 0) is 16.1 Å². The molecule has 2 N–H and O–H groups in total. The maximum Gasteiger partial charge on any atom is 0.240 e. The van der Waals surface area contributed by atoms with Gasteiger partial charge < -0.3 is 10.6 Å². The number of carbonyl (C=O) groups excluding carboxylic acids is 2. The Morgan fingerprint density at radius 1 is 1.04 bits per heavy atom. The minimum absolute atomic E-state index is 0.147. The van der Waals surface area contributed by atoms with Crippen molar-refractivity contribution in [2.45, 2.75) is 19.4 Å². The molecule has 1 heterocycles. The fraction of sp³-hybridized carbons (Fsp3) is 0.235. The van der Waals surface area contributed by atoms with Crippen LogP contribution in [0.2, 0.25) is 0 Å². The topological polar surface area (TPSA) is 71.1 Å². The number of hydrogen-bond donors (Lipinski definition) is 2. The number of nitrogens with zero attached hydrogens (tertiary/aromatic N) is 1. The van der Waals surface area contributed by atoms with E-state index in [4.69, 9.17) is 0 Å². The lowest BCUT2D eigenvalue weighted by Gasteiger charge is -2.16. The van der Waals surface area contributed by atoms with Gasteiger partial charge in [-0.05, 0) is 37.1 Å². The van der Waals surface area contributed by atoms with Crippen molar-refractivity contribution in [1.29, 1.82) is 0 Å². The van der Waals surface area contributed by atoms with Crippen LogP contribution in [0.25, 0.3) is 0 Å². The van der Waals surface area contributed by atoms with Gasteiger partial charge in [0.1, 0.15) is 5.41 Å². The Morgan fingerprint density at radius 2 is 1.80 bits per heavy atom. The van der Waals surface area contributed by atoms with Gasteiger partial charge >= 0.3 is 0 Å². The van der Waals surface area contributed by atoms with E-state index in [-0.39, 0.29) is 19.4 Å². The predicted molar refractivity (Wildman–Crippen MR) is 82.7 cm³/mol. The minimum atomic E-state index is -1.68. The summed E-state index contributed by atoms with van der Waals surface area (Å²) in [6.45, 7) is 0.147. The van der Waals surface area contributed by atoms with Crippen LogP contribution in [0.5, 0.6) is 0 Å². The van der Waals surface area contributed by atoms with Crippen molar-refractivity contribution in [2.75, 3.05) is 5.32 Å². The number of halogens is 3. The van der Waals surface area contributed by atoms with E-state index in [9.17, 15) is 22.8 Å². The van der Waals surface area contributed by atoms with Crippen molar-refractivity contribution in [3.8, 4) is 0 Å². The first-order valence-corrected chi connectivity index (χ1v) is 7.57. The largest absolute Gasteiger partial charge is 0.350 e. The third-order valence-corrected chi connectivity index (χ3v) is 4.06. The Hall–Kier alpha value is -2.90. The summed E-state index contributed by atoms with van der Waals surface area (Å²) < 4.78 is 39.8. The van der Waals surface area contributed by atoms with Crippen molar-refractivity contribution in [2.24, 2.45) is 5.41 Å². The molecule has 1 aromatic heterocycles. The Bertz CT molecular complexity index is 823. The van der Waals surface area contributed by atoms with Gasteiger partial charge in [-0.25, -0.2) is 13.2 Å². The van der Waals surface area contributed by atoms with Crippen molar-refractivity contribution in [3.05, 3.63) is 59.7 Å². The molecule has 1 aliphatic carbocycles. The van der Waals surface area contributed by atoms with Crippen LogP contribution in [0.4, 0.5) is 18.9 Å². The van der Waals surface area contributed by atoms with E-state index < -0.39 is 40.4 Å². The maximum absolute atomic E-state index is 13.7. The number of aromatic nitrogens is 1. The zero-order chi connectivity index (χ0) is 18.0. The number of rotatable bonds is 5. The van der Waals surface area contributed by atoms with Crippen LogP contribution in [0.15, 0.2) is 36.5 Å². The van der Waals surface area contributed by atoms with Crippen LogP contribution >= 0.6 is 0 Å².